The molecule has 0 fully saturated rings. The predicted octanol–water partition coefficient (Wildman–Crippen LogP) is 3.23. The highest BCUT2D eigenvalue weighted by Crippen LogP contribution is 2.15. The fourth-order valence-electron chi connectivity index (χ4n) is 2.50. The average Bonchev–Trinajstić information content (AvgIpc) is 2.57. The van der Waals surface area contributed by atoms with E-state index < -0.39 is 0 Å². The highest BCUT2D eigenvalue weighted by Gasteiger charge is 2.04. The molecule has 2 aromatic carbocycles. The van der Waals surface area contributed by atoms with Crippen molar-refractivity contribution in [1.29, 1.82) is 0 Å². The molecule has 0 aromatic heterocycles. The first-order chi connectivity index (χ1) is 11.2. The van der Waals surface area contributed by atoms with Crippen LogP contribution < -0.4 is 5.32 Å². The Labute approximate surface area is 136 Å². The summed E-state index contributed by atoms with van der Waals surface area (Å²) in [6, 6.07) is 14.2. The van der Waals surface area contributed by atoms with Crippen molar-refractivity contribution < 1.29 is 14.3 Å². The van der Waals surface area contributed by atoms with Crippen LogP contribution in [0.25, 0.3) is 10.8 Å². The van der Waals surface area contributed by atoms with Crippen molar-refractivity contribution in [3.63, 3.8) is 0 Å². The first kappa shape index (κ1) is 17.0. The number of fused-ring (bicyclic) bond motifs is 1. The van der Waals surface area contributed by atoms with E-state index in [4.69, 9.17) is 0 Å². The van der Waals surface area contributed by atoms with Crippen molar-refractivity contribution in [3.8, 4) is 0 Å². The van der Waals surface area contributed by atoms with Gasteiger partial charge in [-0.15, -0.1) is 0 Å². The number of ether oxygens (including phenoxy) is 1. The molecule has 2 rings (SSSR count). The molecular weight excluding hydrogens is 290 g/mol. The van der Waals surface area contributed by atoms with Crippen LogP contribution in [0, 0.1) is 0 Å². The van der Waals surface area contributed by atoms with Gasteiger partial charge in [0.05, 0.1) is 13.5 Å². The molecule has 1 amide bonds. The Morgan fingerprint density at radius 1 is 1.00 bits per heavy atom. The second-order valence-electron chi connectivity index (χ2n) is 5.60. The zero-order chi connectivity index (χ0) is 16.5. The monoisotopic (exact) mass is 313 g/mol. The summed E-state index contributed by atoms with van der Waals surface area (Å²) in [7, 11) is 1.40. The Morgan fingerprint density at radius 3 is 2.57 bits per heavy atom. The molecule has 0 bridgehead atoms. The third-order valence-corrected chi connectivity index (χ3v) is 3.79. The van der Waals surface area contributed by atoms with Gasteiger partial charge < -0.3 is 10.1 Å². The van der Waals surface area contributed by atoms with E-state index >= 15 is 0 Å². The zero-order valence-electron chi connectivity index (χ0n) is 13.5. The van der Waals surface area contributed by atoms with E-state index in [1.807, 2.05) is 24.3 Å². The summed E-state index contributed by atoms with van der Waals surface area (Å²) in [4.78, 5) is 22.9. The molecule has 0 aliphatic rings. The molecule has 0 saturated carbocycles. The topological polar surface area (TPSA) is 55.4 Å². The second kappa shape index (κ2) is 8.93. The molecule has 0 saturated heterocycles. The second-order valence-corrected chi connectivity index (χ2v) is 5.60. The number of carbonyl (C=O) groups is 2. The van der Waals surface area contributed by atoms with Gasteiger partial charge in [0, 0.05) is 13.0 Å². The molecule has 4 nitrogen and oxygen atoms in total. The molecular formula is C19H23NO3. The Hall–Kier alpha value is -2.36. The van der Waals surface area contributed by atoms with Crippen LogP contribution in [0.3, 0.4) is 0 Å². The summed E-state index contributed by atoms with van der Waals surface area (Å²) in [5.41, 5.74) is 1.02. The average molecular weight is 313 g/mol. The Balaban J connectivity index is 1.68. The number of hydrogen-bond acceptors (Lipinski definition) is 3. The summed E-state index contributed by atoms with van der Waals surface area (Å²) in [6.45, 7) is 0.646. The minimum absolute atomic E-state index is 0.0354. The third-order valence-electron chi connectivity index (χ3n) is 3.79. The van der Waals surface area contributed by atoms with Gasteiger partial charge in [0.25, 0.3) is 0 Å². The van der Waals surface area contributed by atoms with Gasteiger partial charge in [-0.05, 0) is 29.2 Å². The Bertz CT molecular complexity index is 666. The fourth-order valence-corrected chi connectivity index (χ4v) is 2.50. The lowest BCUT2D eigenvalue weighted by atomic mass is 10.0. The van der Waals surface area contributed by atoms with Crippen LogP contribution in [0.5, 0.6) is 0 Å². The van der Waals surface area contributed by atoms with Gasteiger partial charge >= 0.3 is 5.97 Å². The van der Waals surface area contributed by atoms with Gasteiger partial charge in [0.1, 0.15) is 0 Å². The number of carbonyl (C=O) groups excluding carboxylic acids is 2. The molecule has 4 heteroatoms. The summed E-state index contributed by atoms with van der Waals surface area (Å²) >= 11 is 0. The first-order valence-electron chi connectivity index (χ1n) is 8.00. The number of rotatable bonds is 8. The minimum Gasteiger partial charge on any atom is -0.469 e. The van der Waals surface area contributed by atoms with Crippen LogP contribution >= 0.6 is 0 Å². The molecule has 0 aliphatic heterocycles. The molecule has 0 aliphatic carbocycles. The number of benzene rings is 2. The third kappa shape index (κ3) is 5.74. The van der Waals surface area contributed by atoms with Crippen molar-refractivity contribution in [2.45, 2.75) is 32.1 Å². The van der Waals surface area contributed by atoms with Gasteiger partial charge in [-0.2, -0.15) is 0 Å². The standard InChI is InChI=1S/C19H23NO3/c1-23-19(22)9-3-2-6-12-20-18(21)14-15-10-11-16-7-4-5-8-17(16)13-15/h4-5,7-8,10-11,13H,2-3,6,9,12,14H2,1H3,(H,20,21). The molecule has 0 spiro atoms. The smallest absolute Gasteiger partial charge is 0.305 e. The number of esters is 1. The van der Waals surface area contributed by atoms with Gasteiger partial charge in [0.15, 0.2) is 0 Å². The quantitative estimate of drug-likeness (QED) is 0.601. The zero-order valence-corrected chi connectivity index (χ0v) is 13.5. The van der Waals surface area contributed by atoms with Crippen molar-refractivity contribution in [1.82, 2.24) is 5.32 Å². The molecule has 0 radical (unpaired) electrons. The lowest BCUT2D eigenvalue weighted by molar-refractivity contribution is -0.140. The molecule has 0 heterocycles. The predicted molar refractivity (Wildman–Crippen MR) is 91.1 cm³/mol. The van der Waals surface area contributed by atoms with Crippen molar-refractivity contribution in [2.24, 2.45) is 0 Å². The number of hydrogen-bond donors (Lipinski definition) is 1. The lowest BCUT2D eigenvalue weighted by Gasteiger charge is -2.06. The van der Waals surface area contributed by atoms with Crippen LogP contribution in [-0.2, 0) is 20.7 Å². The number of unbranched alkanes of at least 4 members (excludes halogenated alkanes) is 2. The van der Waals surface area contributed by atoms with Crippen molar-refractivity contribution >= 4 is 22.6 Å². The van der Waals surface area contributed by atoms with Gasteiger partial charge in [-0.25, -0.2) is 0 Å². The van der Waals surface area contributed by atoms with Crippen LogP contribution in [0.15, 0.2) is 42.5 Å². The largest absolute Gasteiger partial charge is 0.469 e. The molecule has 0 atom stereocenters. The number of methoxy groups -OCH3 is 1. The summed E-state index contributed by atoms with van der Waals surface area (Å²) in [5.74, 6) is -0.140. The summed E-state index contributed by atoms with van der Waals surface area (Å²) < 4.78 is 4.58. The highest BCUT2D eigenvalue weighted by atomic mass is 16.5. The van der Waals surface area contributed by atoms with Crippen molar-refractivity contribution in [2.75, 3.05) is 13.7 Å². The lowest BCUT2D eigenvalue weighted by Crippen LogP contribution is -2.26. The van der Waals surface area contributed by atoms with Gasteiger partial charge in [0.2, 0.25) is 5.91 Å². The molecule has 23 heavy (non-hydrogen) atoms. The molecule has 1 N–H and O–H groups in total. The maximum atomic E-state index is 12.0. The summed E-state index contributed by atoms with van der Waals surface area (Å²) in [5, 5.41) is 5.26. The van der Waals surface area contributed by atoms with Crippen LogP contribution in [0.1, 0.15) is 31.2 Å². The number of nitrogens with one attached hydrogen (secondary N) is 1. The molecule has 2 aromatic rings. The Kier molecular flexibility index (Phi) is 6.60. The van der Waals surface area contributed by atoms with Crippen LogP contribution in [-0.4, -0.2) is 25.5 Å². The van der Waals surface area contributed by atoms with Crippen LogP contribution in [0.2, 0.25) is 0 Å². The van der Waals surface area contributed by atoms with E-state index in [2.05, 4.69) is 28.3 Å². The fraction of sp³-hybridized carbons (Fsp3) is 0.368. The van der Waals surface area contributed by atoms with Gasteiger partial charge in [-0.1, -0.05) is 48.9 Å². The Morgan fingerprint density at radius 2 is 1.78 bits per heavy atom. The normalized spacial score (nSPS) is 10.5. The molecule has 0 unspecified atom stereocenters. The van der Waals surface area contributed by atoms with E-state index in [1.165, 1.54) is 12.5 Å². The van der Waals surface area contributed by atoms with Gasteiger partial charge in [-0.3, -0.25) is 9.59 Å². The first-order valence-corrected chi connectivity index (χ1v) is 8.00. The SMILES string of the molecule is COC(=O)CCCCCNC(=O)Cc1ccc2ccccc2c1. The highest BCUT2D eigenvalue weighted by molar-refractivity contribution is 5.85. The minimum atomic E-state index is -0.176. The maximum Gasteiger partial charge on any atom is 0.305 e. The molecule has 122 valence electrons. The van der Waals surface area contributed by atoms with E-state index in [0.717, 1.165) is 30.2 Å². The van der Waals surface area contributed by atoms with E-state index in [-0.39, 0.29) is 11.9 Å². The number of amides is 1. The summed E-state index contributed by atoms with van der Waals surface area (Å²) in [6.07, 6.45) is 3.42. The van der Waals surface area contributed by atoms with E-state index in [0.29, 0.717) is 19.4 Å². The van der Waals surface area contributed by atoms with Crippen molar-refractivity contribution in [3.05, 3.63) is 48.0 Å². The van der Waals surface area contributed by atoms with E-state index in [9.17, 15) is 9.59 Å². The van der Waals surface area contributed by atoms with E-state index in [1.54, 1.807) is 0 Å². The van der Waals surface area contributed by atoms with Crippen LogP contribution in [0.4, 0.5) is 0 Å². The maximum absolute atomic E-state index is 12.0.